The van der Waals surface area contributed by atoms with E-state index in [9.17, 15) is 9.59 Å². The quantitative estimate of drug-likeness (QED) is 0.289. The Balaban J connectivity index is 1.24. The highest BCUT2D eigenvalue weighted by molar-refractivity contribution is 5.88. The number of benzene rings is 3. The Morgan fingerprint density at radius 3 is 2.73 bits per heavy atom. The normalized spacial score (nSPS) is 16.5. The Morgan fingerprint density at radius 2 is 1.97 bits per heavy atom. The van der Waals surface area contributed by atoms with Crippen molar-refractivity contribution in [2.45, 2.75) is 38.7 Å². The van der Waals surface area contributed by atoms with Crippen LogP contribution in [-0.4, -0.2) is 45.8 Å². The van der Waals surface area contributed by atoms with Crippen molar-refractivity contribution >= 4 is 34.6 Å². The number of carbonyl (C=O) groups excluding carboxylic acids is 1. The first-order valence-electron chi connectivity index (χ1n) is 12.0. The summed E-state index contributed by atoms with van der Waals surface area (Å²) < 4.78 is 26.3. The maximum Gasteiger partial charge on any atom is 0.335 e. The van der Waals surface area contributed by atoms with Gasteiger partial charge in [0.15, 0.2) is 11.4 Å². The van der Waals surface area contributed by atoms with Crippen LogP contribution in [0.4, 0.5) is 16.1 Å². The third-order valence-corrected chi connectivity index (χ3v) is 6.48. The van der Waals surface area contributed by atoms with Crippen LogP contribution in [0.5, 0.6) is 5.75 Å². The first kappa shape index (κ1) is 24.5. The highest BCUT2D eigenvalue weighted by atomic mass is 19.1. The Bertz CT molecular complexity index is 1440. The highest BCUT2D eigenvalue weighted by Gasteiger charge is 2.36. The summed E-state index contributed by atoms with van der Waals surface area (Å²) in [4.78, 5) is 30.0. The maximum atomic E-state index is 15.0. The van der Waals surface area contributed by atoms with Crippen molar-refractivity contribution < 1.29 is 28.2 Å². The first-order chi connectivity index (χ1) is 17.9. The van der Waals surface area contributed by atoms with Crippen LogP contribution in [-0.2, 0) is 11.2 Å². The number of likely N-dealkylation sites (tertiary alicyclic amines) is 1. The molecule has 0 spiro atoms. The van der Waals surface area contributed by atoms with E-state index in [1.165, 1.54) is 29.2 Å². The molecule has 37 heavy (non-hydrogen) atoms. The fraction of sp³-hybridized carbons (Fsp3) is 0.250. The molecule has 4 aromatic rings. The molecule has 1 saturated heterocycles. The number of hydrogen-bond acceptors (Lipinski definition) is 7. The van der Waals surface area contributed by atoms with E-state index in [0.29, 0.717) is 36.5 Å². The number of carboxylic acid groups (broad SMARTS) is 1. The van der Waals surface area contributed by atoms with Crippen LogP contribution in [0.2, 0.25) is 0 Å². The van der Waals surface area contributed by atoms with Crippen molar-refractivity contribution in [2.24, 2.45) is 0 Å². The van der Waals surface area contributed by atoms with Gasteiger partial charge in [0.05, 0.1) is 11.6 Å². The number of alkyl halides is 1. The summed E-state index contributed by atoms with van der Waals surface area (Å²) in [5, 5.41) is 12.2. The summed E-state index contributed by atoms with van der Waals surface area (Å²) in [5.74, 6) is -0.987. The minimum atomic E-state index is -1.82. The number of hydrogen-bond donors (Lipinski definition) is 2. The zero-order valence-corrected chi connectivity index (χ0v) is 20.2. The Kier molecular flexibility index (Phi) is 6.87. The fourth-order valence-corrected chi connectivity index (χ4v) is 4.51. The number of anilines is 2. The van der Waals surface area contributed by atoms with E-state index in [0.717, 1.165) is 16.8 Å². The average Bonchev–Trinajstić information content (AvgIpc) is 3.53. The van der Waals surface area contributed by atoms with Gasteiger partial charge < -0.3 is 19.6 Å². The lowest BCUT2D eigenvalue weighted by molar-refractivity contribution is -0.133. The van der Waals surface area contributed by atoms with Gasteiger partial charge in [0.2, 0.25) is 0 Å². The van der Waals surface area contributed by atoms with Crippen LogP contribution in [0.3, 0.4) is 0 Å². The number of carboxylic acids is 1. The van der Waals surface area contributed by atoms with E-state index >= 15 is 4.39 Å². The number of nitrogens with one attached hydrogen (secondary N) is 1. The summed E-state index contributed by atoms with van der Waals surface area (Å²) in [6, 6.07) is 18.5. The van der Waals surface area contributed by atoms with E-state index in [-0.39, 0.29) is 23.5 Å². The largest absolute Gasteiger partial charge is 0.478 e. The number of para-hydroxylation sites is 1. The number of carbonyl (C=O) groups is 2. The number of Topliss-reactive ketones (excluding diaryl/α,β-unsaturated/α-hetero) is 1. The number of rotatable bonds is 9. The Morgan fingerprint density at radius 1 is 1.19 bits per heavy atom. The number of aromatic nitrogens is 1. The number of aryl methyl sites for hydroxylation is 1. The third-order valence-electron chi connectivity index (χ3n) is 6.48. The SMILES string of the molecule is Cc1ccccc1Nc1nc2ccc(CC(=O)[C@@H]3CCCN3[C@H](F)Oc3ccc(C(=O)O)cc3)cc2o1. The van der Waals surface area contributed by atoms with Gasteiger partial charge in [-0.1, -0.05) is 24.3 Å². The summed E-state index contributed by atoms with van der Waals surface area (Å²) >= 11 is 0. The molecular weight excluding hydrogens is 477 g/mol. The third kappa shape index (κ3) is 5.46. The van der Waals surface area contributed by atoms with Crippen molar-refractivity contribution in [3.05, 3.63) is 83.4 Å². The van der Waals surface area contributed by atoms with Crippen molar-refractivity contribution in [3.63, 3.8) is 0 Å². The molecule has 0 saturated carbocycles. The summed E-state index contributed by atoms with van der Waals surface area (Å²) in [6.07, 6.45) is 1.33. The molecule has 1 aliphatic rings. The predicted molar refractivity (Wildman–Crippen MR) is 136 cm³/mol. The van der Waals surface area contributed by atoms with Crippen LogP contribution in [0, 0.1) is 6.92 Å². The number of ketones is 1. The molecule has 0 unspecified atom stereocenters. The van der Waals surface area contributed by atoms with Gasteiger partial charge in [0.25, 0.3) is 12.5 Å². The van der Waals surface area contributed by atoms with E-state index in [1.807, 2.05) is 37.3 Å². The molecule has 0 aliphatic carbocycles. The minimum Gasteiger partial charge on any atom is -0.478 e. The molecule has 3 aromatic carbocycles. The van der Waals surface area contributed by atoms with Crippen molar-refractivity contribution in [2.75, 3.05) is 11.9 Å². The number of oxazole rings is 1. The second-order valence-electron chi connectivity index (χ2n) is 9.04. The lowest BCUT2D eigenvalue weighted by atomic mass is 10.0. The van der Waals surface area contributed by atoms with Crippen molar-refractivity contribution in [1.82, 2.24) is 9.88 Å². The molecule has 1 aliphatic heterocycles. The summed E-state index contributed by atoms with van der Waals surface area (Å²) in [5.41, 5.74) is 4.01. The molecule has 1 aromatic heterocycles. The zero-order chi connectivity index (χ0) is 25.9. The van der Waals surface area contributed by atoms with Gasteiger partial charge in [-0.3, -0.25) is 4.79 Å². The minimum absolute atomic E-state index is 0.0822. The van der Waals surface area contributed by atoms with Gasteiger partial charge in [-0.05, 0) is 73.4 Å². The topological polar surface area (TPSA) is 105 Å². The predicted octanol–water partition coefficient (Wildman–Crippen LogP) is 5.49. The van der Waals surface area contributed by atoms with Gasteiger partial charge >= 0.3 is 5.97 Å². The van der Waals surface area contributed by atoms with E-state index < -0.39 is 18.5 Å². The Hall–Kier alpha value is -4.24. The van der Waals surface area contributed by atoms with Crippen molar-refractivity contribution in [1.29, 1.82) is 0 Å². The second kappa shape index (κ2) is 10.4. The molecule has 190 valence electrons. The van der Waals surface area contributed by atoms with Crippen molar-refractivity contribution in [3.8, 4) is 5.75 Å². The zero-order valence-electron chi connectivity index (χ0n) is 20.2. The number of ether oxygens (including phenoxy) is 1. The first-order valence-corrected chi connectivity index (χ1v) is 12.0. The molecule has 2 heterocycles. The van der Waals surface area contributed by atoms with Gasteiger partial charge in [0.1, 0.15) is 11.3 Å². The molecule has 2 atom stereocenters. The molecular formula is C28H26FN3O5. The molecule has 0 bridgehead atoms. The number of aromatic carboxylic acids is 1. The van der Waals surface area contributed by atoms with Gasteiger partial charge in [-0.15, -0.1) is 0 Å². The standard InChI is InChI=1S/C28H26FN3O5/c1-17-5-2-3-6-21(17)30-28-31-22-13-8-18(16-25(22)37-28)15-24(33)23-7-4-14-32(23)27(29)36-20-11-9-19(10-12-20)26(34)35/h2-3,5-6,8-13,16,23,27H,4,7,14-15H2,1H3,(H,30,31)(H,34,35)/t23-,27-/m0/s1. The van der Waals surface area contributed by atoms with E-state index in [4.69, 9.17) is 14.3 Å². The van der Waals surface area contributed by atoms with Gasteiger partial charge in [-0.25, -0.2) is 9.69 Å². The van der Waals surface area contributed by atoms with Crippen LogP contribution >= 0.6 is 0 Å². The van der Waals surface area contributed by atoms with Crippen LogP contribution in [0.25, 0.3) is 11.1 Å². The lowest BCUT2D eigenvalue weighted by Crippen LogP contribution is -2.44. The number of fused-ring (bicyclic) bond motifs is 1. The Labute approximate surface area is 212 Å². The van der Waals surface area contributed by atoms with Crippen LogP contribution < -0.4 is 10.1 Å². The van der Waals surface area contributed by atoms with Crippen LogP contribution in [0.1, 0.15) is 34.3 Å². The molecule has 8 nitrogen and oxygen atoms in total. The number of nitrogens with zero attached hydrogens (tertiary/aromatic N) is 2. The molecule has 0 amide bonds. The number of halogens is 1. The second-order valence-corrected chi connectivity index (χ2v) is 9.04. The summed E-state index contributed by atoms with van der Waals surface area (Å²) in [6.45, 7) is 0.558. The molecule has 1 fully saturated rings. The van der Waals surface area contributed by atoms with E-state index in [2.05, 4.69) is 10.3 Å². The van der Waals surface area contributed by atoms with Crippen LogP contribution in [0.15, 0.2) is 71.1 Å². The van der Waals surface area contributed by atoms with E-state index in [1.54, 1.807) is 12.1 Å². The fourth-order valence-electron chi connectivity index (χ4n) is 4.51. The summed E-state index contributed by atoms with van der Waals surface area (Å²) in [7, 11) is 0. The molecule has 0 radical (unpaired) electrons. The maximum absolute atomic E-state index is 15.0. The monoisotopic (exact) mass is 503 g/mol. The lowest BCUT2D eigenvalue weighted by Gasteiger charge is -2.27. The average molecular weight is 504 g/mol. The molecule has 2 N–H and O–H groups in total. The molecule has 9 heteroatoms. The smallest absolute Gasteiger partial charge is 0.335 e. The van der Waals surface area contributed by atoms with Gasteiger partial charge in [-0.2, -0.15) is 9.37 Å². The molecule has 5 rings (SSSR count). The van der Waals surface area contributed by atoms with Gasteiger partial charge in [0, 0.05) is 18.7 Å². The highest BCUT2D eigenvalue weighted by Crippen LogP contribution is 2.27.